The number of nitriles is 1. The van der Waals surface area contributed by atoms with E-state index in [1.165, 1.54) is 0 Å². The minimum atomic E-state index is -0.0585. The molecule has 1 aromatic heterocycles. The molecule has 5 nitrogen and oxygen atoms in total. The number of anilines is 1. The first-order valence-corrected chi connectivity index (χ1v) is 6.66. The average Bonchev–Trinajstić information content (AvgIpc) is 2.91. The second-order valence-electron chi connectivity index (χ2n) is 5.04. The molecule has 104 valence electrons. The van der Waals surface area contributed by atoms with Crippen molar-refractivity contribution in [1.29, 1.82) is 5.26 Å². The Kier molecular flexibility index (Phi) is 4.36. The summed E-state index contributed by atoms with van der Waals surface area (Å²) in [5, 5.41) is 15.9. The maximum absolute atomic E-state index is 8.64. The van der Waals surface area contributed by atoms with Crippen LogP contribution in [0, 0.1) is 11.3 Å². The molecule has 1 N–H and O–H groups in total. The largest absolute Gasteiger partial charge is 0.374 e. The Morgan fingerprint density at radius 3 is 2.50 bits per heavy atom. The van der Waals surface area contributed by atoms with Crippen LogP contribution in [0.4, 0.5) is 5.69 Å². The second kappa shape index (κ2) is 6.20. The molecule has 0 aliphatic rings. The number of nitrogens with one attached hydrogen (secondary N) is 1. The van der Waals surface area contributed by atoms with Crippen LogP contribution in [0.2, 0.25) is 0 Å². The van der Waals surface area contributed by atoms with Gasteiger partial charge in [-0.1, -0.05) is 31.1 Å². The maximum Gasteiger partial charge on any atom is 0.248 e. The third kappa shape index (κ3) is 3.35. The smallest absolute Gasteiger partial charge is 0.248 e. The first-order chi connectivity index (χ1) is 9.60. The highest BCUT2D eigenvalue weighted by molar-refractivity contribution is 5.46. The highest BCUT2D eigenvalue weighted by atomic mass is 16.5. The Labute approximate surface area is 118 Å². The predicted molar refractivity (Wildman–Crippen MR) is 76.2 cm³/mol. The zero-order valence-corrected chi connectivity index (χ0v) is 11.9. The molecule has 1 heterocycles. The van der Waals surface area contributed by atoms with E-state index >= 15 is 0 Å². The molecule has 0 spiro atoms. The molecule has 0 aliphatic heterocycles. The van der Waals surface area contributed by atoms with Gasteiger partial charge in [0.15, 0.2) is 5.82 Å². The number of nitrogens with zero attached hydrogens (tertiary/aromatic N) is 3. The van der Waals surface area contributed by atoms with Crippen molar-refractivity contribution in [1.82, 2.24) is 10.1 Å². The molecule has 2 aromatic rings. The van der Waals surface area contributed by atoms with Crippen molar-refractivity contribution < 1.29 is 4.52 Å². The zero-order valence-electron chi connectivity index (χ0n) is 11.9. The molecular formula is C15H18N4O. The van der Waals surface area contributed by atoms with Crippen LogP contribution in [0.15, 0.2) is 28.8 Å². The Morgan fingerprint density at radius 2 is 1.95 bits per heavy atom. The van der Waals surface area contributed by atoms with E-state index in [9.17, 15) is 0 Å². The summed E-state index contributed by atoms with van der Waals surface area (Å²) in [6.07, 6.45) is 0.428. The summed E-state index contributed by atoms with van der Waals surface area (Å²) in [5.74, 6) is 1.55. The van der Waals surface area contributed by atoms with Gasteiger partial charge >= 0.3 is 0 Å². The van der Waals surface area contributed by atoms with Gasteiger partial charge in [-0.25, -0.2) is 0 Å². The van der Waals surface area contributed by atoms with E-state index in [0.717, 1.165) is 17.1 Å². The van der Waals surface area contributed by atoms with Crippen LogP contribution in [0.25, 0.3) is 0 Å². The summed E-state index contributed by atoms with van der Waals surface area (Å²) in [6.45, 7) is 6.03. The van der Waals surface area contributed by atoms with Crippen LogP contribution in [0.3, 0.4) is 0 Å². The van der Waals surface area contributed by atoms with Crippen molar-refractivity contribution in [3.63, 3.8) is 0 Å². The lowest BCUT2D eigenvalue weighted by atomic mass is 10.1. The molecule has 0 saturated carbocycles. The zero-order chi connectivity index (χ0) is 14.5. The normalized spacial score (nSPS) is 12.2. The van der Waals surface area contributed by atoms with Gasteiger partial charge in [-0.15, -0.1) is 0 Å². The lowest BCUT2D eigenvalue weighted by Crippen LogP contribution is -2.07. The van der Waals surface area contributed by atoms with Crippen LogP contribution in [-0.4, -0.2) is 10.1 Å². The third-order valence-electron chi connectivity index (χ3n) is 2.96. The van der Waals surface area contributed by atoms with Crippen LogP contribution < -0.4 is 5.32 Å². The number of benzene rings is 1. The molecule has 1 unspecified atom stereocenters. The fourth-order valence-corrected chi connectivity index (χ4v) is 1.78. The van der Waals surface area contributed by atoms with Crippen LogP contribution in [0.5, 0.6) is 0 Å². The summed E-state index contributed by atoms with van der Waals surface area (Å²) in [4.78, 5) is 4.37. The molecule has 5 heteroatoms. The molecule has 0 bridgehead atoms. The van der Waals surface area contributed by atoms with Gasteiger partial charge < -0.3 is 9.84 Å². The van der Waals surface area contributed by atoms with E-state index in [1.807, 2.05) is 45.0 Å². The lowest BCUT2D eigenvalue weighted by molar-refractivity contribution is 0.361. The maximum atomic E-state index is 8.64. The third-order valence-corrected chi connectivity index (χ3v) is 2.96. The lowest BCUT2D eigenvalue weighted by Gasteiger charge is -2.11. The summed E-state index contributed by atoms with van der Waals surface area (Å²) in [6, 6.07) is 9.84. The molecule has 20 heavy (non-hydrogen) atoms. The van der Waals surface area contributed by atoms with E-state index in [4.69, 9.17) is 9.78 Å². The van der Waals surface area contributed by atoms with Gasteiger partial charge in [0, 0.05) is 11.6 Å². The van der Waals surface area contributed by atoms with E-state index < -0.39 is 0 Å². The summed E-state index contributed by atoms with van der Waals surface area (Å²) in [7, 11) is 0. The van der Waals surface area contributed by atoms with Crippen molar-refractivity contribution in [3.05, 3.63) is 41.5 Å². The highest BCUT2D eigenvalue weighted by Crippen LogP contribution is 2.20. The highest BCUT2D eigenvalue weighted by Gasteiger charge is 2.15. The predicted octanol–water partition coefficient (Wildman–Crippen LogP) is 3.43. The van der Waals surface area contributed by atoms with E-state index in [0.29, 0.717) is 12.3 Å². The number of rotatable bonds is 5. The van der Waals surface area contributed by atoms with Crippen LogP contribution in [0.1, 0.15) is 50.0 Å². The number of aromatic nitrogens is 2. The van der Waals surface area contributed by atoms with Crippen molar-refractivity contribution >= 4 is 5.69 Å². The first kappa shape index (κ1) is 14.1. The minimum absolute atomic E-state index is 0.0585. The van der Waals surface area contributed by atoms with E-state index in [2.05, 4.69) is 21.5 Å². The molecule has 0 saturated heterocycles. The van der Waals surface area contributed by atoms with Gasteiger partial charge in [-0.2, -0.15) is 10.2 Å². The first-order valence-electron chi connectivity index (χ1n) is 6.66. The monoisotopic (exact) mass is 270 g/mol. The fourth-order valence-electron chi connectivity index (χ4n) is 1.78. The van der Waals surface area contributed by atoms with Gasteiger partial charge in [0.05, 0.1) is 12.5 Å². The topological polar surface area (TPSA) is 74.7 Å². The Balaban J connectivity index is 2.03. The molecule has 0 amide bonds. The van der Waals surface area contributed by atoms with Crippen LogP contribution >= 0.6 is 0 Å². The van der Waals surface area contributed by atoms with Crippen molar-refractivity contribution in [2.45, 2.75) is 39.2 Å². The van der Waals surface area contributed by atoms with Gasteiger partial charge in [-0.3, -0.25) is 0 Å². The van der Waals surface area contributed by atoms with E-state index in [1.54, 1.807) is 0 Å². The Morgan fingerprint density at radius 1 is 1.25 bits per heavy atom. The Hall–Kier alpha value is -2.35. The molecule has 2 rings (SSSR count). The molecular weight excluding hydrogens is 252 g/mol. The quantitative estimate of drug-likeness (QED) is 0.900. The van der Waals surface area contributed by atoms with Crippen LogP contribution in [-0.2, 0) is 6.42 Å². The summed E-state index contributed by atoms with van der Waals surface area (Å²) >= 11 is 0. The van der Waals surface area contributed by atoms with Gasteiger partial charge in [0.25, 0.3) is 0 Å². The molecule has 0 aliphatic carbocycles. The van der Waals surface area contributed by atoms with Gasteiger partial charge in [0.2, 0.25) is 5.89 Å². The molecule has 0 radical (unpaired) electrons. The number of hydrogen-bond donors (Lipinski definition) is 1. The number of hydrogen-bond acceptors (Lipinski definition) is 5. The average molecular weight is 270 g/mol. The molecule has 1 atom stereocenters. The van der Waals surface area contributed by atoms with Crippen molar-refractivity contribution in [3.8, 4) is 6.07 Å². The molecule has 0 fully saturated rings. The fraction of sp³-hybridized carbons (Fsp3) is 0.400. The van der Waals surface area contributed by atoms with E-state index in [-0.39, 0.29) is 12.0 Å². The summed E-state index contributed by atoms with van der Waals surface area (Å²) < 4.78 is 5.26. The Bertz CT molecular complexity index is 595. The summed E-state index contributed by atoms with van der Waals surface area (Å²) in [5.41, 5.74) is 1.97. The SMILES string of the molecule is CC(C)c1noc(C(C)Nc2ccc(CC#N)cc2)n1. The van der Waals surface area contributed by atoms with Crippen molar-refractivity contribution in [2.75, 3.05) is 5.32 Å². The molecule has 1 aromatic carbocycles. The van der Waals surface area contributed by atoms with Gasteiger partial charge in [0.1, 0.15) is 6.04 Å². The van der Waals surface area contributed by atoms with Gasteiger partial charge in [-0.05, 0) is 24.6 Å². The minimum Gasteiger partial charge on any atom is -0.374 e. The van der Waals surface area contributed by atoms with Crippen molar-refractivity contribution in [2.24, 2.45) is 0 Å². The second-order valence-corrected chi connectivity index (χ2v) is 5.04. The standard InChI is InChI=1S/C15H18N4O/c1-10(2)14-18-15(20-19-14)11(3)17-13-6-4-12(5-7-13)8-9-16/h4-7,10-11,17H,8H2,1-3H3.